The molecule has 2 unspecified atom stereocenters. The van der Waals surface area contributed by atoms with E-state index in [2.05, 4.69) is 37.6 Å². The summed E-state index contributed by atoms with van der Waals surface area (Å²) in [7, 11) is 2.23. The van der Waals surface area contributed by atoms with Gasteiger partial charge in [-0.25, -0.2) is 0 Å². The zero-order chi connectivity index (χ0) is 11.4. The lowest BCUT2D eigenvalue weighted by atomic mass is 10.1. The van der Waals surface area contributed by atoms with E-state index in [4.69, 9.17) is 5.73 Å². The first-order valence-corrected chi connectivity index (χ1v) is 6.19. The van der Waals surface area contributed by atoms with Crippen molar-refractivity contribution in [1.29, 1.82) is 0 Å². The van der Waals surface area contributed by atoms with Crippen molar-refractivity contribution < 1.29 is 0 Å². The minimum absolute atomic E-state index is 0.635. The highest BCUT2D eigenvalue weighted by Crippen LogP contribution is 2.17. The van der Waals surface area contributed by atoms with Gasteiger partial charge in [0, 0.05) is 31.7 Å². The maximum Gasteiger partial charge on any atom is 0.0237 e. The standard InChI is InChI=1S/C12H27N3/c1-10(2)15-8-11(3)7-14(4)9-12(15)5-6-13/h10-12H,5-9,13H2,1-4H3. The summed E-state index contributed by atoms with van der Waals surface area (Å²) in [6, 6.07) is 1.28. The lowest BCUT2D eigenvalue weighted by molar-refractivity contribution is 0.137. The second kappa shape index (κ2) is 5.83. The number of nitrogens with zero attached hydrogens (tertiary/aromatic N) is 2. The summed E-state index contributed by atoms with van der Waals surface area (Å²) in [5.41, 5.74) is 5.71. The molecule has 0 saturated carbocycles. The minimum Gasteiger partial charge on any atom is -0.330 e. The van der Waals surface area contributed by atoms with Gasteiger partial charge in [-0.1, -0.05) is 6.92 Å². The van der Waals surface area contributed by atoms with Crippen molar-refractivity contribution >= 4 is 0 Å². The summed E-state index contributed by atoms with van der Waals surface area (Å²) in [5, 5.41) is 0. The SMILES string of the molecule is CC1CN(C)CC(CCN)N(C(C)C)C1. The van der Waals surface area contributed by atoms with Crippen LogP contribution >= 0.6 is 0 Å². The van der Waals surface area contributed by atoms with Gasteiger partial charge in [0.15, 0.2) is 0 Å². The Morgan fingerprint density at radius 3 is 2.47 bits per heavy atom. The normalized spacial score (nSPS) is 30.8. The molecule has 90 valence electrons. The number of likely N-dealkylation sites (N-methyl/N-ethyl adjacent to an activating group) is 1. The summed E-state index contributed by atoms with van der Waals surface area (Å²) in [6.45, 7) is 11.3. The number of rotatable bonds is 3. The summed E-state index contributed by atoms with van der Waals surface area (Å²) < 4.78 is 0. The summed E-state index contributed by atoms with van der Waals surface area (Å²) in [5.74, 6) is 0.764. The highest BCUT2D eigenvalue weighted by atomic mass is 15.2. The second-order valence-electron chi connectivity index (χ2n) is 5.35. The zero-order valence-corrected chi connectivity index (χ0v) is 10.7. The van der Waals surface area contributed by atoms with Crippen molar-refractivity contribution in [3.05, 3.63) is 0 Å². The van der Waals surface area contributed by atoms with Gasteiger partial charge < -0.3 is 10.6 Å². The van der Waals surface area contributed by atoms with Crippen LogP contribution in [0, 0.1) is 5.92 Å². The molecule has 1 saturated heterocycles. The van der Waals surface area contributed by atoms with Crippen LogP contribution in [0.4, 0.5) is 0 Å². The van der Waals surface area contributed by atoms with E-state index in [1.54, 1.807) is 0 Å². The van der Waals surface area contributed by atoms with E-state index in [1.807, 2.05) is 0 Å². The number of hydrogen-bond acceptors (Lipinski definition) is 3. The van der Waals surface area contributed by atoms with Gasteiger partial charge in [0.2, 0.25) is 0 Å². The van der Waals surface area contributed by atoms with E-state index in [0.717, 1.165) is 18.9 Å². The highest BCUT2D eigenvalue weighted by Gasteiger charge is 2.27. The number of hydrogen-bond donors (Lipinski definition) is 1. The first-order valence-electron chi connectivity index (χ1n) is 6.19. The monoisotopic (exact) mass is 213 g/mol. The Bertz CT molecular complexity index is 182. The lowest BCUT2D eigenvalue weighted by Crippen LogP contribution is -2.45. The van der Waals surface area contributed by atoms with E-state index in [0.29, 0.717) is 12.1 Å². The molecule has 0 aromatic carbocycles. The second-order valence-corrected chi connectivity index (χ2v) is 5.35. The molecule has 0 amide bonds. The van der Waals surface area contributed by atoms with Crippen molar-refractivity contribution in [3.8, 4) is 0 Å². The Hall–Kier alpha value is -0.120. The van der Waals surface area contributed by atoms with Gasteiger partial charge in [-0.3, -0.25) is 4.90 Å². The summed E-state index contributed by atoms with van der Waals surface area (Å²) in [4.78, 5) is 5.08. The third-order valence-corrected chi connectivity index (χ3v) is 3.30. The molecule has 0 spiro atoms. The van der Waals surface area contributed by atoms with Gasteiger partial charge in [0.05, 0.1) is 0 Å². The van der Waals surface area contributed by atoms with Crippen LogP contribution in [0.3, 0.4) is 0 Å². The zero-order valence-electron chi connectivity index (χ0n) is 10.7. The van der Waals surface area contributed by atoms with E-state index >= 15 is 0 Å². The molecule has 1 fully saturated rings. The van der Waals surface area contributed by atoms with Crippen LogP contribution in [0.15, 0.2) is 0 Å². The molecule has 0 radical (unpaired) electrons. The van der Waals surface area contributed by atoms with Crippen LogP contribution in [-0.2, 0) is 0 Å². The third-order valence-electron chi connectivity index (χ3n) is 3.30. The average molecular weight is 213 g/mol. The van der Waals surface area contributed by atoms with Crippen LogP contribution in [0.5, 0.6) is 0 Å². The molecule has 1 rings (SSSR count). The molecule has 0 bridgehead atoms. The molecule has 1 aliphatic rings. The molecule has 0 aromatic heterocycles. The first kappa shape index (κ1) is 12.9. The summed E-state index contributed by atoms with van der Waals surface area (Å²) >= 11 is 0. The van der Waals surface area contributed by atoms with Crippen molar-refractivity contribution in [2.24, 2.45) is 11.7 Å². The Kier molecular flexibility index (Phi) is 5.03. The van der Waals surface area contributed by atoms with Gasteiger partial charge in [0.1, 0.15) is 0 Å². The van der Waals surface area contributed by atoms with Gasteiger partial charge >= 0.3 is 0 Å². The molecule has 15 heavy (non-hydrogen) atoms. The number of nitrogens with two attached hydrogens (primary N) is 1. The van der Waals surface area contributed by atoms with Crippen LogP contribution in [0.25, 0.3) is 0 Å². The Morgan fingerprint density at radius 2 is 1.93 bits per heavy atom. The fraction of sp³-hybridized carbons (Fsp3) is 1.00. The van der Waals surface area contributed by atoms with Crippen LogP contribution < -0.4 is 5.73 Å². The maximum absolute atomic E-state index is 5.71. The molecule has 1 heterocycles. The van der Waals surface area contributed by atoms with Gasteiger partial charge in [-0.15, -0.1) is 0 Å². The highest BCUT2D eigenvalue weighted by molar-refractivity contribution is 4.83. The molecule has 2 atom stereocenters. The van der Waals surface area contributed by atoms with E-state index in [-0.39, 0.29) is 0 Å². The van der Waals surface area contributed by atoms with Crippen molar-refractivity contribution in [2.45, 2.75) is 39.3 Å². The average Bonchev–Trinajstić information content (AvgIpc) is 2.25. The Morgan fingerprint density at radius 1 is 1.27 bits per heavy atom. The van der Waals surface area contributed by atoms with Crippen molar-refractivity contribution in [3.63, 3.8) is 0 Å². The molecule has 2 N–H and O–H groups in total. The Balaban J connectivity index is 2.68. The summed E-state index contributed by atoms with van der Waals surface area (Å²) in [6.07, 6.45) is 1.12. The molecule has 3 heteroatoms. The van der Waals surface area contributed by atoms with E-state index in [1.165, 1.54) is 19.6 Å². The van der Waals surface area contributed by atoms with Crippen molar-refractivity contribution in [1.82, 2.24) is 9.80 Å². The maximum atomic E-state index is 5.71. The predicted molar refractivity (Wildman–Crippen MR) is 66.0 cm³/mol. The van der Waals surface area contributed by atoms with Gasteiger partial charge in [0.25, 0.3) is 0 Å². The smallest absolute Gasteiger partial charge is 0.0237 e. The first-order chi connectivity index (χ1) is 7.04. The van der Waals surface area contributed by atoms with Crippen LogP contribution in [-0.4, -0.2) is 55.1 Å². The van der Waals surface area contributed by atoms with E-state index < -0.39 is 0 Å². The van der Waals surface area contributed by atoms with Crippen molar-refractivity contribution in [2.75, 3.05) is 33.2 Å². The van der Waals surface area contributed by atoms with Crippen LogP contribution in [0.2, 0.25) is 0 Å². The quantitative estimate of drug-likeness (QED) is 0.759. The van der Waals surface area contributed by atoms with Crippen LogP contribution in [0.1, 0.15) is 27.2 Å². The molecule has 3 nitrogen and oxygen atoms in total. The lowest BCUT2D eigenvalue weighted by Gasteiger charge is -2.34. The van der Waals surface area contributed by atoms with Gasteiger partial charge in [-0.05, 0) is 39.8 Å². The van der Waals surface area contributed by atoms with E-state index in [9.17, 15) is 0 Å². The molecule has 1 aliphatic heterocycles. The molecule has 0 aliphatic carbocycles. The largest absolute Gasteiger partial charge is 0.330 e. The predicted octanol–water partition coefficient (Wildman–Crippen LogP) is 0.996. The van der Waals surface area contributed by atoms with Gasteiger partial charge in [-0.2, -0.15) is 0 Å². The molecular formula is C12H27N3. The fourth-order valence-electron chi connectivity index (χ4n) is 2.72. The fourth-order valence-corrected chi connectivity index (χ4v) is 2.72. The minimum atomic E-state index is 0.635. The molecular weight excluding hydrogens is 186 g/mol. The molecule has 0 aromatic rings. The Labute approximate surface area is 94.6 Å². The third kappa shape index (κ3) is 3.74. The topological polar surface area (TPSA) is 32.5 Å².